The molecule has 82 valence electrons. The number of hydrogen-bond acceptors (Lipinski definition) is 4. The molecule has 3 nitrogen and oxygen atoms in total. The summed E-state index contributed by atoms with van der Waals surface area (Å²) in [6.45, 7) is 3.24. The molecule has 0 saturated carbocycles. The van der Waals surface area contributed by atoms with Crippen molar-refractivity contribution < 1.29 is 9.47 Å². The van der Waals surface area contributed by atoms with Crippen molar-refractivity contribution in [3.05, 3.63) is 21.9 Å². The molecule has 0 unspecified atom stereocenters. The average Bonchev–Trinajstić information content (AvgIpc) is 2.74. The van der Waals surface area contributed by atoms with Gasteiger partial charge in [0, 0.05) is 11.3 Å². The zero-order chi connectivity index (χ0) is 10.9. The molecule has 0 aliphatic carbocycles. The fourth-order valence-corrected chi connectivity index (χ4v) is 2.88. The molecule has 0 radical (unpaired) electrons. The van der Waals surface area contributed by atoms with E-state index in [2.05, 4.69) is 0 Å². The number of thiophene rings is 1. The van der Waals surface area contributed by atoms with Crippen molar-refractivity contribution in [3.8, 4) is 0 Å². The Hall–Kier alpha value is -0.490. The lowest BCUT2D eigenvalue weighted by atomic mass is 10.2. The number of nitrogens with two attached hydrogens (primary N) is 1. The lowest BCUT2D eigenvalue weighted by Gasteiger charge is -2.20. The van der Waals surface area contributed by atoms with Gasteiger partial charge >= 0.3 is 0 Å². The molecule has 1 aliphatic heterocycles. The van der Waals surface area contributed by atoms with E-state index >= 15 is 0 Å². The zero-order valence-corrected chi connectivity index (χ0v) is 10.1. The Labute approximate surface area is 98.2 Å². The third kappa shape index (κ3) is 2.36. The van der Waals surface area contributed by atoms with Crippen LogP contribution in [0.3, 0.4) is 0 Å². The number of thiocarbonyl (C=S) groups is 1. The minimum atomic E-state index is -0.570. The molecule has 0 bridgehead atoms. The first-order valence-electron chi connectivity index (χ1n) is 4.75. The summed E-state index contributed by atoms with van der Waals surface area (Å²) in [5.74, 6) is -0.570. The normalized spacial score (nSPS) is 19.3. The molecule has 0 atom stereocenters. The van der Waals surface area contributed by atoms with Crippen LogP contribution in [0.2, 0.25) is 0 Å². The molecule has 1 aromatic heterocycles. The second-order valence-electron chi connectivity index (χ2n) is 3.55. The van der Waals surface area contributed by atoms with Gasteiger partial charge in [-0.2, -0.15) is 0 Å². The first-order chi connectivity index (χ1) is 7.10. The van der Waals surface area contributed by atoms with Crippen molar-refractivity contribution in [1.82, 2.24) is 0 Å². The highest BCUT2D eigenvalue weighted by Crippen LogP contribution is 2.35. The van der Waals surface area contributed by atoms with Gasteiger partial charge in [-0.15, -0.1) is 11.3 Å². The summed E-state index contributed by atoms with van der Waals surface area (Å²) in [6, 6.07) is 4.04. The van der Waals surface area contributed by atoms with Gasteiger partial charge in [0.1, 0.15) is 0 Å². The topological polar surface area (TPSA) is 44.5 Å². The summed E-state index contributed by atoms with van der Waals surface area (Å²) >= 11 is 6.51. The molecule has 5 heteroatoms. The lowest BCUT2D eigenvalue weighted by molar-refractivity contribution is -0.146. The summed E-state index contributed by atoms with van der Waals surface area (Å²) in [5, 5.41) is 0. The van der Waals surface area contributed by atoms with Crippen LogP contribution in [0.1, 0.15) is 16.7 Å². The summed E-state index contributed by atoms with van der Waals surface area (Å²) < 4.78 is 11.1. The molecule has 1 saturated heterocycles. The first-order valence-corrected chi connectivity index (χ1v) is 5.98. The smallest absolute Gasteiger partial charge is 0.201 e. The molecule has 1 aromatic rings. The minimum absolute atomic E-state index is 0.516. The van der Waals surface area contributed by atoms with Crippen molar-refractivity contribution in [2.24, 2.45) is 5.73 Å². The second kappa shape index (κ2) is 4.17. The number of ether oxygens (including phenoxy) is 2. The molecule has 2 rings (SSSR count). The highest BCUT2D eigenvalue weighted by atomic mass is 32.1. The summed E-state index contributed by atoms with van der Waals surface area (Å²) in [5.41, 5.74) is 5.50. The zero-order valence-electron chi connectivity index (χ0n) is 8.49. The van der Waals surface area contributed by atoms with Crippen LogP contribution in [0.4, 0.5) is 0 Å². The van der Waals surface area contributed by atoms with E-state index in [4.69, 9.17) is 27.4 Å². The molecule has 0 aromatic carbocycles. The van der Waals surface area contributed by atoms with Gasteiger partial charge in [-0.05, 0) is 19.1 Å². The molecular formula is C10H13NO2S2. The summed E-state index contributed by atoms with van der Waals surface area (Å²) in [7, 11) is 0. The third-order valence-corrected chi connectivity index (χ3v) is 3.71. The highest BCUT2D eigenvalue weighted by molar-refractivity contribution is 7.80. The molecule has 2 heterocycles. The highest BCUT2D eigenvalue weighted by Gasteiger charge is 2.34. The molecule has 15 heavy (non-hydrogen) atoms. The van der Waals surface area contributed by atoms with Crippen LogP contribution in [0.15, 0.2) is 12.1 Å². The SMILES string of the molecule is CC1(c2ccc(CC(N)=S)s2)OCCO1. The van der Waals surface area contributed by atoms with E-state index in [0.717, 1.165) is 9.75 Å². The fraction of sp³-hybridized carbons (Fsp3) is 0.500. The fourth-order valence-electron chi connectivity index (χ4n) is 1.55. The van der Waals surface area contributed by atoms with Gasteiger partial charge in [-0.3, -0.25) is 0 Å². The van der Waals surface area contributed by atoms with Crippen LogP contribution in [0.5, 0.6) is 0 Å². The van der Waals surface area contributed by atoms with E-state index in [0.29, 0.717) is 24.6 Å². The summed E-state index contributed by atoms with van der Waals surface area (Å²) in [6.07, 6.45) is 0.649. The van der Waals surface area contributed by atoms with E-state index in [1.54, 1.807) is 11.3 Å². The second-order valence-corrected chi connectivity index (χ2v) is 5.24. The third-order valence-electron chi connectivity index (χ3n) is 2.30. The van der Waals surface area contributed by atoms with Gasteiger partial charge < -0.3 is 15.2 Å². The Balaban J connectivity index is 2.15. The van der Waals surface area contributed by atoms with Crippen LogP contribution >= 0.6 is 23.6 Å². The standard InChI is InChI=1S/C10H13NO2S2/c1-10(12-4-5-13-10)8-3-2-7(15-8)6-9(11)14/h2-3H,4-6H2,1H3,(H2,11,14). The Morgan fingerprint density at radius 2 is 2.20 bits per heavy atom. The number of rotatable bonds is 3. The Kier molecular flexibility index (Phi) is 3.06. The van der Waals surface area contributed by atoms with Crippen molar-refractivity contribution in [2.45, 2.75) is 19.1 Å². The Morgan fingerprint density at radius 3 is 2.80 bits per heavy atom. The maximum Gasteiger partial charge on any atom is 0.201 e. The Bertz CT molecular complexity index is 369. The van der Waals surface area contributed by atoms with Crippen molar-refractivity contribution in [2.75, 3.05) is 13.2 Å². The van der Waals surface area contributed by atoms with Crippen LogP contribution in [0, 0.1) is 0 Å². The Morgan fingerprint density at radius 1 is 1.53 bits per heavy atom. The molecule has 0 spiro atoms. The molecule has 1 aliphatic rings. The van der Waals surface area contributed by atoms with E-state index < -0.39 is 5.79 Å². The predicted molar refractivity (Wildman–Crippen MR) is 64.1 cm³/mol. The van der Waals surface area contributed by atoms with Gasteiger partial charge in [0.2, 0.25) is 5.79 Å². The first kappa shape index (κ1) is 11.0. The van der Waals surface area contributed by atoms with Crippen LogP contribution in [-0.4, -0.2) is 18.2 Å². The van der Waals surface area contributed by atoms with E-state index in [-0.39, 0.29) is 0 Å². The van der Waals surface area contributed by atoms with E-state index in [1.807, 2.05) is 19.1 Å². The van der Waals surface area contributed by atoms with Gasteiger partial charge in [-0.25, -0.2) is 0 Å². The molecule has 1 fully saturated rings. The van der Waals surface area contributed by atoms with E-state index in [1.165, 1.54) is 0 Å². The maximum atomic E-state index is 5.57. The predicted octanol–water partition coefficient (Wildman–Crippen LogP) is 1.80. The minimum Gasteiger partial charge on any atom is -0.393 e. The van der Waals surface area contributed by atoms with Gasteiger partial charge in [-0.1, -0.05) is 12.2 Å². The van der Waals surface area contributed by atoms with Crippen LogP contribution in [0.25, 0.3) is 0 Å². The average molecular weight is 243 g/mol. The maximum absolute atomic E-state index is 5.57. The van der Waals surface area contributed by atoms with Crippen LogP contribution in [-0.2, 0) is 21.7 Å². The van der Waals surface area contributed by atoms with E-state index in [9.17, 15) is 0 Å². The quantitative estimate of drug-likeness (QED) is 0.822. The van der Waals surface area contributed by atoms with Gasteiger partial charge in [0.05, 0.1) is 23.1 Å². The monoisotopic (exact) mass is 243 g/mol. The van der Waals surface area contributed by atoms with Gasteiger partial charge in [0.25, 0.3) is 0 Å². The molecule has 2 N–H and O–H groups in total. The number of hydrogen-bond donors (Lipinski definition) is 1. The molecular weight excluding hydrogens is 230 g/mol. The van der Waals surface area contributed by atoms with Crippen molar-refractivity contribution >= 4 is 28.5 Å². The van der Waals surface area contributed by atoms with Gasteiger partial charge in [0.15, 0.2) is 0 Å². The van der Waals surface area contributed by atoms with Crippen molar-refractivity contribution in [3.63, 3.8) is 0 Å². The molecule has 0 amide bonds. The van der Waals surface area contributed by atoms with Crippen LogP contribution < -0.4 is 5.73 Å². The summed E-state index contributed by atoms with van der Waals surface area (Å²) in [4.78, 5) is 2.74. The largest absolute Gasteiger partial charge is 0.393 e. The lowest BCUT2D eigenvalue weighted by Crippen LogP contribution is -2.20. The van der Waals surface area contributed by atoms with Crippen molar-refractivity contribution in [1.29, 1.82) is 0 Å².